The monoisotopic (exact) mass is 304 g/mol. The van der Waals surface area contributed by atoms with Gasteiger partial charge in [0.05, 0.1) is 13.2 Å². The molecule has 2 aliphatic heterocycles. The standard InChI is InChI=1S/C17H24N2O3/c1-14-3-5-15(6-4-14)13-18-16(20)19-9-7-17(8-10-19)21-11-2-12-22-17/h3-6H,2,7-13H2,1H3,(H,18,20). The van der Waals surface area contributed by atoms with Crippen LogP contribution < -0.4 is 5.32 Å². The summed E-state index contributed by atoms with van der Waals surface area (Å²) >= 11 is 0. The Morgan fingerprint density at radius 3 is 2.45 bits per heavy atom. The fourth-order valence-electron chi connectivity index (χ4n) is 2.95. The summed E-state index contributed by atoms with van der Waals surface area (Å²) in [4.78, 5) is 14.1. The highest BCUT2D eigenvalue weighted by Gasteiger charge is 2.39. The van der Waals surface area contributed by atoms with Gasteiger partial charge in [-0.3, -0.25) is 0 Å². The number of rotatable bonds is 2. The van der Waals surface area contributed by atoms with Gasteiger partial charge in [-0.05, 0) is 18.9 Å². The molecule has 1 aromatic carbocycles. The first-order chi connectivity index (χ1) is 10.7. The van der Waals surface area contributed by atoms with E-state index in [1.54, 1.807) is 0 Å². The Bertz CT molecular complexity index is 499. The molecule has 0 bridgehead atoms. The zero-order valence-corrected chi connectivity index (χ0v) is 13.1. The molecule has 3 rings (SSSR count). The van der Waals surface area contributed by atoms with E-state index in [1.165, 1.54) is 5.56 Å². The van der Waals surface area contributed by atoms with Gasteiger partial charge in [-0.25, -0.2) is 4.79 Å². The number of nitrogens with one attached hydrogen (secondary N) is 1. The lowest BCUT2D eigenvalue weighted by Gasteiger charge is -2.43. The Balaban J connectivity index is 1.46. The highest BCUT2D eigenvalue weighted by Crippen LogP contribution is 2.30. The van der Waals surface area contributed by atoms with E-state index in [2.05, 4.69) is 24.4 Å². The third-order valence-corrected chi connectivity index (χ3v) is 4.40. The van der Waals surface area contributed by atoms with E-state index in [1.807, 2.05) is 17.0 Å². The van der Waals surface area contributed by atoms with Crippen LogP contribution in [0.2, 0.25) is 0 Å². The number of urea groups is 1. The first kappa shape index (κ1) is 15.3. The van der Waals surface area contributed by atoms with Crippen molar-refractivity contribution in [1.29, 1.82) is 0 Å². The number of piperidine rings is 1. The molecule has 5 heteroatoms. The van der Waals surface area contributed by atoms with Crippen LogP contribution in [0.25, 0.3) is 0 Å². The number of nitrogens with zero attached hydrogens (tertiary/aromatic N) is 1. The maximum Gasteiger partial charge on any atom is 0.317 e. The van der Waals surface area contributed by atoms with Crippen molar-refractivity contribution in [3.05, 3.63) is 35.4 Å². The molecule has 0 aromatic heterocycles. The summed E-state index contributed by atoms with van der Waals surface area (Å²) in [7, 11) is 0. The average molecular weight is 304 g/mol. The normalized spacial score (nSPS) is 20.9. The molecular weight excluding hydrogens is 280 g/mol. The summed E-state index contributed by atoms with van der Waals surface area (Å²) in [5, 5.41) is 2.98. The van der Waals surface area contributed by atoms with E-state index in [4.69, 9.17) is 9.47 Å². The van der Waals surface area contributed by atoms with E-state index < -0.39 is 5.79 Å². The van der Waals surface area contributed by atoms with Crippen LogP contribution in [-0.4, -0.2) is 43.0 Å². The minimum atomic E-state index is -0.439. The highest BCUT2D eigenvalue weighted by molar-refractivity contribution is 5.74. The number of carbonyl (C=O) groups excluding carboxylic acids is 1. The fourth-order valence-corrected chi connectivity index (χ4v) is 2.95. The molecule has 2 amide bonds. The number of benzene rings is 1. The minimum Gasteiger partial charge on any atom is -0.350 e. The Kier molecular flexibility index (Phi) is 4.64. The second kappa shape index (κ2) is 6.67. The van der Waals surface area contributed by atoms with Gasteiger partial charge in [-0.1, -0.05) is 29.8 Å². The summed E-state index contributed by atoms with van der Waals surface area (Å²) in [6, 6.07) is 8.20. The van der Waals surface area contributed by atoms with E-state index in [-0.39, 0.29) is 6.03 Å². The number of aryl methyl sites for hydroxylation is 1. The predicted octanol–water partition coefficient (Wildman–Crippen LogP) is 2.43. The van der Waals surface area contributed by atoms with Crippen molar-refractivity contribution < 1.29 is 14.3 Å². The van der Waals surface area contributed by atoms with Gasteiger partial charge in [0.1, 0.15) is 0 Å². The summed E-state index contributed by atoms with van der Waals surface area (Å²) in [6.07, 6.45) is 2.47. The summed E-state index contributed by atoms with van der Waals surface area (Å²) < 4.78 is 11.6. The smallest absolute Gasteiger partial charge is 0.317 e. The van der Waals surface area contributed by atoms with Crippen molar-refractivity contribution in [3.8, 4) is 0 Å². The molecule has 0 unspecified atom stereocenters. The number of amides is 2. The predicted molar refractivity (Wildman–Crippen MR) is 83.5 cm³/mol. The van der Waals surface area contributed by atoms with E-state index >= 15 is 0 Å². The Labute approximate surface area is 131 Å². The number of ether oxygens (including phenoxy) is 2. The molecule has 5 nitrogen and oxygen atoms in total. The molecule has 2 aliphatic rings. The van der Waals surface area contributed by atoms with Gasteiger partial charge < -0.3 is 19.7 Å². The molecule has 2 fully saturated rings. The zero-order valence-electron chi connectivity index (χ0n) is 13.1. The van der Waals surface area contributed by atoms with Crippen molar-refractivity contribution in [2.24, 2.45) is 0 Å². The Hall–Kier alpha value is -1.59. The summed E-state index contributed by atoms with van der Waals surface area (Å²) in [5.74, 6) is -0.439. The second-order valence-corrected chi connectivity index (χ2v) is 6.09. The van der Waals surface area contributed by atoms with Crippen LogP contribution in [-0.2, 0) is 16.0 Å². The lowest BCUT2D eigenvalue weighted by molar-refractivity contribution is -0.281. The molecule has 0 saturated carbocycles. The van der Waals surface area contributed by atoms with Crippen LogP contribution in [0.15, 0.2) is 24.3 Å². The summed E-state index contributed by atoms with van der Waals surface area (Å²) in [6.45, 7) is 5.51. The number of carbonyl (C=O) groups is 1. The first-order valence-electron chi connectivity index (χ1n) is 8.03. The first-order valence-corrected chi connectivity index (χ1v) is 8.03. The SMILES string of the molecule is Cc1ccc(CNC(=O)N2CCC3(CC2)OCCCO3)cc1. The Morgan fingerprint density at radius 1 is 1.18 bits per heavy atom. The van der Waals surface area contributed by atoms with E-state index in [9.17, 15) is 4.79 Å². The van der Waals surface area contributed by atoms with Crippen LogP contribution in [0, 0.1) is 6.92 Å². The maximum absolute atomic E-state index is 12.2. The summed E-state index contributed by atoms with van der Waals surface area (Å²) in [5.41, 5.74) is 2.34. The quantitative estimate of drug-likeness (QED) is 0.913. The zero-order chi connectivity index (χ0) is 15.4. The molecular formula is C17H24N2O3. The van der Waals surface area contributed by atoms with Crippen molar-refractivity contribution in [3.63, 3.8) is 0 Å². The number of likely N-dealkylation sites (tertiary alicyclic amines) is 1. The second-order valence-electron chi connectivity index (χ2n) is 6.09. The molecule has 0 radical (unpaired) electrons. The van der Waals surface area contributed by atoms with Crippen molar-refractivity contribution in [1.82, 2.24) is 10.2 Å². The van der Waals surface area contributed by atoms with Crippen LogP contribution in [0.3, 0.4) is 0 Å². The lowest BCUT2D eigenvalue weighted by Crippen LogP contribution is -2.53. The van der Waals surface area contributed by atoms with Gasteiger partial charge in [0.2, 0.25) is 0 Å². The molecule has 0 aliphatic carbocycles. The van der Waals surface area contributed by atoms with E-state index in [0.717, 1.165) is 38.0 Å². The topological polar surface area (TPSA) is 50.8 Å². The molecule has 0 atom stereocenters. The van der Waals surface area contributed by atoms with Crippen molar-refractivity contribution in [2.75, 3.05) is 26.3 Å². The molecule has 120 valence electrons. The third-order valence-electron chi connectivity index (χ3n) is 4.40. The molecule has 1 aromatic rings. The lowest BCUT2D eigenvalue weighted by atomic mass is 10.0. The largest absolute Gasteiger partial charge is 0.350 e. The Morgan fingerprint density at radius 2 is 1.82 bits per heavy atom. The van der Waals surface area contributed by atoms with Crippen LogP contribution in [0.4, 0.5) is 4.79 Å². The van der Waals surface area contributed by atoms with Crippen molar-refractivity contribution >= 4 is 6.03 Å². The van der Waals surface area contributed by atoms with Gasteiger partial charge in [-0.2, -0.15) is 0 Å². The number of hydrogen-bond acceptors (Lipinski definition) is 3. The van der Waals surface area contributed by atoms with Gasteiger partial charge in [-0.15, -0.1) is 0 Å². The van der Waals surface area contributed by atoms with Gasteiger partial charge >= 0.3 is 6.03 Å². The molecule has 22 heavy (non-hydrogen) atoms. The molecule has 1 N–H and O–H groups in total. The van der Waals surface area contributed by atoms with Crippen LogP contribution in [0.1, 0.15) is 30.4 Å². The average Bonchev–Trinajstić information content (AvgIpc) is 2.55. The minimum absolute atomic E-state index is 0.00812. The fraction of sp³-hybridized carbons (Fsp3) is 0.588. The van der Waals surface area contributed by atoms with E-state index in [0.29, 0.717) is 19.6 Å². The molecule has 1 spiro atoms. The highest BCUT2D eigenvalue weighted by atomic mass is 16.7. The maximum atomic E-state index is 12.2. The van der Waals surface area contributed by atoms with Crippen molar-refractivity contribution in [2.45, 2.75) is 38.5 Å². The third kappa shape index (κ3) is 3.59. The van der Waals surface area contributed by atoms with Gasteiger partial charge in [0, 0.05) is 32.5 Å². The molecule has 2 heterocycles. The van der Waals surface area contributed by atoms with Gasteiger partial charge in [0.15, 0.2) is 5.79 Å². The van der Waals surface area contributed by atoms with Crippen LogP contribution in [0.5, 0.6) is 0 Å². The molecule has 2 saturated heterocycles. The number of hydrogen-bond donors (Lipinski definition) is 1. The van der Waals surface area contributed by atoms with Crippen LogP contribution >= 0.6 is 0 Å². The van der Waals surface area contributed by atoms with Gasteiger partial charge in [0.25, 0.3) is 0 Å².